The SMILES string of the molecule is C=C/C=C\C(=C/C)n1nc(C)cc1-c1ccccc1.CC. The quantitative estimate of drug-likeness (QED) is 0.677. The Kier molecular flexibility index (Phi) is 6.96. The molecule has 0 spiro atoms. The molecule has 0 saturated carbocycles. The van der Waals surface area contributed by atoms with Crippen LogP contribution >= 0.6 is 0 Å². The van der Waals surface area contributed by atoms with Gasteiger partial charge in [0.15, 0.2) is 0 Å². The summed E-state index contributed by atoms with van der Waals surface area (Å²) in [6.07, 6.45) is 7.73. The summed E-state index contributed by atoms with van der Waals surface area (Å²) in [5.41, 5.74) is 4.30. The van der Waals surface area contributed by atoms with Crippen LogP contribution in [0.15, 0.2) is 67.3 Å². The maximum absolute atomic E-state index is 4.57. The highest BCUT2D eigenvalue weighted by Crippen LogP contribution is 2.23. The molecule has 2 nitrogen and oxygen atoms in total. The number of aryl methyl sites for hydroxylation is 1. The van der Waals surface area contributed by atoms with E-state index in [9.17, 15) is 0 Å². The first-order chi connectivity index (χ1) is 10.3. The fourth-order valence-electron chi connectivity index (χ4n) is 1.97. The molecule has 0 atom stereocenters. The van der Waals surface area contributed by atoms with Crippen LogP contribution in [0.5, 0.6) is 0 Å². The summed E-state index contributed by atoms with van der Waals surface area (Å²) >= 11 is 0. The predicted molar refractivity (Wildman–Crippen MR) is 93.0 cm³/mol. The van der Waals surface area contributed by atoms with Crippen LogP contribution in [0.4, 0.5) is 0 Å². The lowest BCUT2D eigenvalue weighted by molar-refractivity contribution is 0.894. The highest BCUT2D eigenvalue weighted by atomic mass is 15.3. The number of hydrogen-bond donors (Lipinski definition) is 0. The Balaban J connectivity index is 0.00000106. The summed E-state index contributed by atoms with van der Waals surface area (Å²) in [5, 5.41) is 4.57. The first-order valence-electron chi connectivity index (χ1n) is 7.34. The van der Waals surface area contributed by atoms with Gasteiger partial charge in [-0.2, -0.15) is 5.10 Å². The van der Waals surface area contributed by atoms with E-state index in [-0.39, 0.29) is 0 Å². The number of rotatable bonds is 4. The number of allylic oxidation sites excluding steroid dienone is 5. The second-order valence-corrected chi connectivity index (χ2v) is 4.26. The zero-order valence-corrected chi connectivity index (χ0v) is 13.4. The Morgan fingerprint density at radius 2 is 1.86 bits per heavy atom. The molecule has 0 bridgehead atoms. The lowest BCUT2D eigenvalue weighted by Crippen LogP contribution is -1.99. The second kappa shape index (κ2) is 8.75. The minimum Gasteiger partial charge on any atom is -0.233 e. The third-order valence-corrected chi connectivity index (χ3v) is 2.84. The van der Waals surface area contributed by atoms with Crippen LogP contribution in [0.2, 0.25) is 0 Å². The van der Waals surface area contributed by atoms with E-state index in [4.69, 9.17) is 0 Å². The third kappa shape index (κ3) is 4.32. The second-order valence-electron chi connectivity index (χ2n) is 4.26. The lowest BCUT2D eigenvalue weighted by atomic mass is 10.1. The molecular formula is C19H24N2. The standard InChI is InChI=1S/C17H18N2.C2H6/c1-4-6-12-16(5-2)19-17(13-14(3)18-19)15-10-8-7-9-11-15;1-2/h4-13H,1H2,2-3H3;1-2H3/b12-6-,16-5+;. The number of nitrogens with zero attached hydrogens (tertiary/aromatic N) is 2. The Hall–Kier alpha value is -2.35. The predicted octanol–water partition coefficient (Wildman–Crippen LogP) is 5.49. The van der Waals surface area contributed by atoms with E-state index in [0.29, 0.717) is 0 Å². The minimum atomic E-state index is 1.00. The van der Waals surface area contributed by atoms with Crippen molar-refractivity contribution >= 4 is 5.70 Å². The summed E-state index contributed by atoms with van der Waals surface area (Å²) in [6, 6.07) is 12.4. The summed E-state index contributed by atoms with van der Waals surface area (Å²) in [4.78, 5) is 0. The Morgan fingerprint density at radius 3 is 2.43 bits per heavy atom. The van der Waals surface area contributed by atoms with Crippen molar-refractivity contribution < 1.29 is 0 Å². The van der Waals surface area contributed by atoms with Gasteiger partial charge in [0.25, 0.3) is 0 Å². The number of hydrogen-bond acceptors (Lipinski definition) is 1. The van der Waals surface area contributed by atoms with Crippen molar-refractivity contribution in [2.24, 2.45) is 0 Å². The van der Waals surface area contributed by atoms with E-state index in [2.05, 4.69) is 29.9 Å². The van der Waals surface area contributed by atoms with Crippen LogP contribution in [-0.4, -0.2) is 9.78 Å². The van der Waals surface area contributed by atoms with Crippen LogP contribution in [-0.2, 0) is 0 Å². The number of benzene rings is 1. The van der Waals surface area contributed by atoms with Gasteiger partial charge in [-0.05, 0) is 26.0 Å². The zero-order valence-electron chi connectivity index (χ0n) is 13.4. The molecule has 0 aliphatic rings. The average Bonchev–Trinajstić information content (AvgIpc) is 2.93. The molecule has 0 unspecified atom stereocenters. The van der Waals surface area contributed by atoms with Crippen LogP contribution in [0.1, 0.15) is 26.5 Å². The molecule has 21 heavy (non-hydrogen) atoms. The smallest absolute Gasteiger partial charge is 0.0743 e. The van der Waals surface area contributed by atoms with Crippen LogP contribution in [0.25, 0.3) is 17.0 Å². The van der Waals surface area contributed by atoms with Crippen LogP contribution in [0, 0.1) is 6.92 Å². The van der Waals surface area contributed by atoms with E-state index in [1.54, 1.807) is 6.08 Å². The Bertz CT molecular complexity index is 616. The fraction of sp³-hybridized carbons (Fsp3) is 0.211. The van der Waals surface area contributed by atoms with Crippen molar-refractivity contribution in [3.63, 3.8) is 0 Å². The van der Waals surface area contributed by atoms with Gasteiger partial charge >= 0.3 is 0 Å². The Morgan fingerprint density at radius 1 is 1.19 bits per heavy atom. The van der Waals surface area contributed by atoms with Crippen molar-refractivity contribution in [2.45, 2.75) is 27.7 Å². The highest BCUT2D eigenvalue weighted by molar-refractivity contribution is 5.68. The van der Waals surface area contributed by atoms with E-state index in [0.717, 1.165) is 22.6 Å². The van der Waals surface area contributed by atoms with Crippen molar-refractivity contribution in [3.05, 3.63) is 73.0 Å². The monoisotopic (exact) mass is 280 g/mol. The van der Waals surface area contributed by atoms with Gasteiger partial charge < -0.3 is 0 Å². The third-order valence-electron chi connectivity index (χ3n) is 2.84. The van der Waals surface area contributed by atoms with Gasteiger partial charge in [-0.3, -0.25) is 0 Å². The van der Waals surface area contributed by atoms with Crippen molar-refractivity contribution in [1.29, 1.82) is 0 Å². The molecule has 2 aromatic rings. The van der Waals surface area contributed by atoms with Gasteiger partial charge in [-0.1, -0.05) is 69.0 Å². The van der Waals surface area contributed by atoms with Crippen molar-refractivity contribution in [2.75, 3.05) is 0 Å². The Labute approximate surface area is 128 Å². The molecule has 1 aromatic heterocycles. The van der Waals surface area contributed by atoms with Gasteiger partial charge in [0.2, 0.25) is 0 Å². The molecular weight excluding hydrogens is 256 g/mol. The van der Waals surface area contributed by atoms with Crippen molar-refractivity contribution in [1.82, 2.24) is 9.78 Å². The van der Waals surface area contributed by atoms with E-state index < -0.39 is 0 Å². The fourth-order valence-corrected chi connectivity index (χ4v) is 1.97. The molecule has 1 heterocycles. The molecule has 2 heteroatoms. The topological polar surface area (TPSA) is 17.8 Å². The molecule has 0 N–H and O–H groups in total. The van der Waals surface area contributed by atoms with Gasteiger partial charge in [-0.25, -0.2) is 4.68 Å². The molecule has 1 aromatic carbocycles. The molecule has 0 aliphatic heterocycles. The normalized spacial score (nSPS) is 11.1. The summed E-state index contributed by atoms with van der Waals surface area (Å²) < 4.78 is 1.96. The van der Waals surface area contributed by atoms with Gasteiger partial charge in [0, 0.05) is 5.56 Å². The minimum absolute atomic E-state index is 1.00. The average molecular weight is 280 g/mol. The molecule has 0 saturated heterocycles. The molecule has 0 radical (unpaired) electrons. The lowest BCUT2D eigenvalue weighted by Gasteiger charge is -2.08. The molecule has 110 valence electrons. The van der Waals surface area contributed by atoms with Crippen LogP contribution < -0.4 is 0 Å². The largest absolute Gasteiger partial charge is 0.233 e. The first-order valence-corrected chi connectivity index (χ1v) is 7.34. The van der Waals surface area contributed by atoms with E-state index in [1.807, 2.05) is 68.8 Å². The molecule has 0 aliphatic carbocycles. The number of aromatic nitrogens is 2. The van der Waals surface area contributed by atoms with E-state index in [1.165, 1.54) is 0 Å². The van der Waals surface area contributed by atoms with Gasteiger partial charge in [-0.15, -0.1) is 0 Å². The van der Waals surface area contributed by atoms with Crippen molar-refractivity contribution in [3.8, 4) is 11.3 Å². The highest BCUT2D eigenvalue weighted by Gasteiger charge is 2.09. The van der Waals surface area contributed by atoms with Gasteiger partial charge in [0.05, 0.1) is 17.1 Å². The maximum atomic E-state index is 4.57. The zero-order chi connectivity index (χ0) is 15.7. The maximum Gasteiger partial charge on any atom is 0.0743 e. The van der Waals surface area contributed by atoms with Crippen LogP contribution in [0.3, 0.4) is 0 Å². The molecule has 2 rings (SSSR count). The molecule has 0 fully saturated rings. The molecule has 0 amide bonds. The summed E-state index contributed by atoms with van der Waals surface area (Å²) in [5.74, 6) is 0. The first kappa shape index (κ1) is 16.7. The summed E-state index contributed by atoms with van der Waals surface area (Å²) in [6.45, 7) is 11.7. The summed E-state index contributed by atoms with van der Waals surface area (Å²) in [7, 11) is 0. The van der Waals surface area contributed by atoms with Gasteiger partial charge in [0.1, 0.15) is 0 Å². The van der Waals surface area contributed by atoms with E-state index >= 15 is 0 Å².